The van der Waals surface area contributed by atoms with Gasteiger partial charge in [-0.05, 0) is 12.1 Å². The summed E-state index contributed by atoms with van der Waals surface area (Å²) in [5, 5.41) is 16.8. The maximum Gasteiger partial charge on any atom is 0.253 e. The van der Waals surface area contributed by atoms with E-state index in [1.165, 1.54) is 0 Å². The van der Waals surface area contributed by atoms with Crippen molar-refractivity contribution in [2.45, 2.75) is 13.5 Å². The molecule has 1 aromatic carbocycles. The van der Waals surface area contributed by atoms with Crippen LogP contribution in [-0.2, 0) is 6.61 Å². The minimum atomic E-state index is 0.107. The highest BCUT2D eigenvalue weighted by molar-refractivity contribution is 6.30. The average Bonchev–Trinajstić information content (AvgIpc) is 2.73. The number of aromatic nitrogens is 2. The first-order valence-corrected chi connectivity index (χ1v) is 5.18. The van der Waals surface area contributed by atoms with E-state index in [1.54, 1.807) is 25.1 Å². The van der Waals surface area contributed by atoms with Gasteiger partial charge in [0.2, 0.25) is 5.89 Å². The normalized spacial score (nSPS) is 9.94. The number of benzene rings is 1. The van der Waals surface area contributed by atoms with E-state index in [2.05, 4.69) is 10.2 Å². The zero-order chi connectivity index (χ0) is 12.3. The standard InChI is InChI=1S/C11H8ClN3O2/c1-7-14-15-11(17-7)6-16-10-4-9(12)3-2-8(10)5-13/h2-4H,6H2,1H3. The summed E-state index contributed by atoms with van der Waals surface area (Å²) in [5.41, 5.74) is 0.408. The molecular weight excluding hydrogens is 242 g/mol. The van der Waals surface area contributed by atoms with Crippen molar-refractivity contribution in [2.75, 3.05) is 0 Å². The highest BCUT2D eigenvalue weighted by Gasteiger charge is 2.07. The van der Waals surface area contributed by atoms with Gasteiger partial charge in [0.05, 0.1) is 5.56 Å². The lowest BCUT2D eigenvalue weighted by molar-refractivity contribution is 0.260. The summed E-state index contributed by atoms with van der Waals surface area (Å²) in [6.07, 6.45) is 0. The van der Waals surface area contributed by atoms with Gasteiger partial charge in [-0.15, -0.1) is 10.2 Å². The van der Waals surface area contributed by atoms with E-state index in [0.29, 0.717) is 28.1 Å². The predicted octanol–water partition coefficient (Wildman–Crippen LogP) is 2.48. The van der Waals surface area contributed by atoms with Crippen LogP contribution in [0.1, 0.15) is 17.3 Å². The van der Waals surface area contributed by atoms with Crippen LogP contribution in [-0.4, -0.2) is 10.2 Å². The summed E-state index contributed by atoms with van der Waals surface area (Å²) in [7, 11) is 0. The quantitative estimate of drug-likeness (QED) is 0.836. The molecule has 0 aliphatic rings. The number of hydrogen-bond donors (Lipinski definition) is 0. The summed E-state index contributed by atoms with van der Waals surface area (Å²) < 4.78 is 10.6. The number of rotatable bonds is 3. The van der Waals surface area contributed by atoms with Gasteiger partial charge in [-0.1, -0.05) is 11.6 Å². The van der Waals surface area contributed by atoms with Gasteiger partial charge in [-0.25, -0.2) is 0 Å². The van der Waals surface area contributed by atoms with Crippen LogP contribution in [0.25, 0.3) is 0 Å². The summed E-state index contributed by atoms with van der Waals surface area (Å²) in [4.78, 5) is 0. The molecular formula is C11H8ClN3O2. The fourth-order valence-electron chi connectivity index (χ4n) is 1.24. The molecule has 0 bridgehead atoms. The molecule has 0 radical (unpaired) electrons. The van der Waals surface area contributed by atoms with Gasteiger partial charge >= 0.3 is 0 Å². The Kier molecular flexibility index (Phi) is 3.26. The van der Waals surface area contributed by atoms with Gasteiger partial charge in [0.15, 0.2) is 6.61 Å². The van der Waals surface area contributed by atoms with E-state index in [4.69, 9.17) is 26.0 Å². The monoisotopic (exact) mass is 249 g/mol. The van der Waals surface area contributed by atoms with E-state index >= 15 is 0 Å². The number of nitriles is 1. The number of aryl methyl sites for hydroxylation is 1. The van der Waals surface area contributed by atoms with Crippen LogP contribution < -0.4 is 4.74 Å². The maximum atomic E-state index is 8.89. The third-order valence-corrected chi connectivity index (χ3v) is 2.22. The lowest BCUT2D eigenvalue weighted by Gasteiger charge is -2.05. The van der Waals surface area contributed by atoms with Crippen molar-refractivity contribution >= 4 is 11.6 Å². The zero-order valence-corrected chi connectivity index (χ0v) is 9.73. The molecule has 0 spiro atoms. The third-order valence-electron chi connectivity index (χ3n) is 1.98. The molecule has 6 heteroatoms. The lowest BCUT2D eigenvalue weighted by Crippen LogP contribution is -1.97. The Morgan fingerprint density at radius 1 is 1.47 bits per heavy atom. The second-order valence-corrected chi connectivity index (χ2v) is 3.69. The molecule has 0 atom stereocenters. The van der Waals surface area contributed by atoms with Crippen molar-refractivity contribution in [1.29, 1.82) is 5.26 Å². The molecule has 0 saturated heterocycles. The predicted molar refractivity (Wildman–Crippen MR) is 59.5 cm³/mol. The van der Waals surface area contributed by atoms with E-state index < -0.39 is 0 Å². The van der Waals surface area contributed by atoms with Crippen LogP contribution in [0.3, 0.4) is 0 Å². The average molecular weight is 250 g/mol. The summed E-state index contributed by atoms with van der Waals surface area (Å²) >= 11 is 5.82. The van der Waals surface area contributed by atoms with Gasteiger partial charge in [-0.2, -0.15) is 5.26 Å². The van der Waals surface area contributed by atoms with E-state index in [0.717, 1.165) is 0 Å². The van der Waals surface area contributed by atoms with Crippen LogP contribution in [0.4, 0.5) is 0 Å². The summed E-state index contributed by atoms with van der Waals surface area (Å²) in [6.45, 7) is 1.80. The first-order valence-electron chi connectivity index (χ1n) is 4.80. The van der Waals surface area contributed by atoms with Gasteiger partial charge in [0.25, 0.3) is 5.89 Å². The van der Waals surface area contributed by atoms with Gasteiger partial charge < -0.3 is 9.15 Å². The molecule has 17 heavy (non-hydrogen) atoms. The lowest BCUT2D eigenvalue weighted by atomic mass is 10.2. The van der Waals surface area contributed by atoms with Crippen LogP contribution >= 0.6 is 11.6 Å². The van der Waals surface area contributed by atoms with Crippen LogP contribution in [0.2, 0.25) is 5.02 Å². The van der Waals surface area contributed by atoms with Gasteiger partial charge in [0.1, 0.15) is 11.8 Å². The smallest absolute Gasteiger partial charge is 0.253 e. The van der Waals surface area contributed by atoms with Gasteiger partial charge in [-0.3, -0.25) is 0 Å². The number of ether oxygens (including phenoxy) is 1. The van der Waals surface area contributed by atoms with Crippen molar-refractivity contribution in [1.82, 2.24) is 10.2 Å². The topological polar surface area (TPSA) is 71.9 Å². The minimum absolute atomic E-state index is 0.107. The molecule has 0 N–H and O–H groups in total. The van der Waals surface area contributed by atoms with Crippen molar-refractivity contribution in [3.8, 4) is 11.8 Å². The molecule has 2 rings (SSSR count). The van der Waals surface area contributed by atoms with Crippen LogP contribution in [0.5, 0.6) is 5.75 Å². The molecule has 1 aromatic heterocycles. The Hall–Kier alpha value is -2.06. The van der Waals surface area contributed by atoms with E-state index in [1.807, 2.05) is 6.07 Å². The largest absolute Gasteiger partial charge is 0.482 e. The molecule has 0 fully saturated rings. The van der Waals surface area contributed by atoms with Crippen molar-refractivity contribution in [2.24, 2.45) is 0 Å². The van der Waals surface area contributed by atoms with Crippen LogP contribution in [0.15, 0.2) is 22.6 Å². The number of nitrogens with zero attached hydrogens (tertiary/aromatic N) is 3. The van der Waals surface area contributed by atoms with Crippen molar-refractivity contribution in [3.63, 3.8) is 0 Å². The Morgan fingerprint density at radius 2 is 2.29 bits per heavy atom. The van der Waals surface area contributed by atoms with E-state index in [9.17, 15) is 0 Å². The van der Waals surface area contributed by atoms with Crippen molar-refractivity contribution < 1.29 is 9.15 Å². The molecule has 0 unspecified atom stereocenters. The molecule has 0 amide bonds. The maximum absolute atomic E-state index is 8.89. The molecule has 86 valence electrons. The fraction of sp³-hybridized carbons (Fsp3) is 0.182. The molecule has 0 saturated carbocycles. The first-order chi connectivity index (χ1) is 8.19. The van der Waals surface area contributed by atoms with Gasteiger partial charge in [0, 0.05) is 18.0 Å². The highest BCUT2D eigenvalue weighted by Crippen LogP contribution is 2.23. The van der Waals surface area contributed by atoms with Crippen molar-refractivity contribution in [3.05, 3.63) is 40.6 Å². The highest BCUT2D eigenvalue weighted by atomic mass is 35.5. The Morgan fingerprint density at radius 3 is 2.94 bits per heavy atom. The molecule has 0 aliphatic carbocycles. The Bertz CT molecular complexity index is 574. The minimum Gasteiger partial charge on any atom is -0.482 e. The number of halogens is 1. The molecule has 1 heterocycles. The first kappa shape index (κ1) is 11.4. The van der Waals surface area contributed by atoms with E-state index in [-0.39, 0.29) is 6.61 Å². The summed E-state index contributed by atoms with van der Waals surface area (Å²) in [6, 6.07) is 6.81. The molecule has 0 aliphatic heterocycles. The SMILES string of the molecule is Cc1nnc(COc2cc(Cl)ccc2C#N)o1. The Labute approximate surface area is 103 Å². The Balaban J connectivity index is 2.13. The zero-order valence-electron chi connectivity index (χ0n) is 8.98. The molecule has 2 aromatic rings. The summed E-state index contributed by atoms with van der Waals surface area (Å²) in [5.74, 6) is 1.22. The second-order valence-electron chi connectivity index (χ2n) is 3.26. The molecule has 5 nitrogen and oxygen atoms in total. The number of hydrogen-bond acceptors (Lipinski definition) is 5. The third kappa shape index (κ3) is 2.74. The fourth-order valence-corrected chi connectivity index (χ4v) is 1.41. The second kappa shape index (κ2) is 4.85. The van der Waals surface area contributed by atoms with Crippen LogP contribution in [0, 0.1) is 18.3 Å².